The summed E-state index contributed by atoms with van der Waals surface area (Å²) in [5, 5.41) is 5.41. The topological polar surface area (TPSA) is 110 Å². The summed E-state index contributed by atoms with van der Waals surface area (Å²) in [6.45, 7) is 0.383. The monoisotopic (exact) mass is 401 g/mol. The number of furan rings is 1. The molecule has 154 valence electrons. The van der Waals surface area contributed by atoms with E-state index >= 15 is 0 Å². The fourth-order valence-electron chi connectivity index (χ4n) is 3.04. The normalized spacial score (nSPS) is 15.9. The molecule has 0 unspecified atom stereocenters. The third kappa shape index (κ3) is 4.87. The van der Waals surface area contributed by atoms with E-state index in [1.54, 1.807) is 38.5 Å². The fraction of sp³-hybridized carbons (Fsp3) is 0.350. The van der Waals surface area contributed by atoms with Crippen molar-refractivity contribution in [2.75, 3.05) is 14.2 Å². The van der Waals surface area contributed by atoms with Gasteiger partial charge >= 0.3 is 6.03 Å². The Hall–Kier alpha value is -3.49. The number of urea groups is 1. The second-order valence-corrected chi connectivity index (χ2v) is 6.51. The average molecular weight is 401 g/mol. The van der Waals surface area contributed by atoms with Crippen LogP contribution in [-0.2, 0) is 22.7 Å². The Labute approximate surface area is 167 Å². The van der Waals surface area contributed by atoms with E-state index in [1.165, 1.54) is 6.26 Å². The molecule has 1 aliphatic heterocycles. The van der Waals surface area contributed by atoms with Crippen LogP contribution >= 0.6 is 0 Å². The van der Waals surface area contributed by atoms with Crippen molar-refractivity contribution in [1.29, 1.82) is 0 Å². The fourth-order valence-corrected chi connectivity index (χ4v) is 3.04. The number of carbonyl (C=O) groups is 3. The largest absolute Gasteiger partial charge is 0.493 e. The third-order valence-corrected chi connectivity index (χ3v) is 4.60. The molecule has 9 nitrogen and oxygen atoms in total. The molecule has 1 atom stereocenters. The van der Waals surface area contributed by atoms with Crippen LogP contribution in [0.1, 0.15) is 24.2 Å². The molecule has 0 saturated carbocycles. The van der Waals surface area contributed by atoms with Gasteiger partial charge in [0, 0.05) is 13.0 Å². The second-order valence-electron chi connectivity index (χ2n) is 6.51. The molecule has 0 aliphatic carbocycles. The van der Waals surface area contributed by atoms with E-state index in [-0.39, 0.29) is 31.2 Å². The van der Waals surface area contributed by atoms with Gasteiger partial charge in [0.2, 0.25) is 5.91 Å². The third-order valence-electron chi connectivity index (χ3n) is 4.60. The summed E-state index contributed by atoms with van der Waals surface area (Å²) in [5.41, 5.74) is 0.853. The van der Waals surface area contributed by atoms with E-state index in [2.05, 4.69) is 10.6 Å². The van der Waals surface area contributed by atoms with Crippen LogP contribution in [0.2, 0.25) is 0 Å². The zero-order valence-electron chi connectivity index (χ0n) is 16.3. The minimum absolute atomic E-state index is 0.0691. The Balaban J connectivity index is 1.47. The highest BCUT2D eigenvalue weighted by molar-refractivity contribution is 6.04. The summed E-state index contributed by atoms with van der Waals surface area (Å²) >= 11 is 0. The van der Waals surface area contributed by atoms with Gasteiger partial charge in [0.15, 0.2) is 11.5 Å². The van der Waals surface area contributed by atoms with Crippen LogP contribution in [0.5, 0.6) is 11.5 Å². The first-order valence-corrected chi connectivity index (χ1v) is 9.13. The Kier molecular flexibility index (Phi) is 6.38. The highest BCUT2D eigenvalue weighted by Gasteiger charge is 2.38. The molecule has 9 heteroatoms. The molecule has 1 fully saturated rings. The Morgan fingerprint density at radius 3 is 2.69 bits per heavy atom. The molecule has 2 heterocycles. The summed E-state index contributed by atoms with van der Waals surface area (Å²) in [5.74, 6) is 1.12. The van der Waals surface area contributed by atoms with Gasteiger partial charge in [0.1, 0.15) is 11.8 Å². The predicted molar refractivity (Wildman–Crippen MR) is 102 cm³/mol. The lowest BCUT2D eigenvalue weighted by atomic mass is 10.1. The minimum Gasteiger partial charge on any atom is -0.493 e. The number of benzene rings is 1. The molecule has 1 aromatic heterocycles. The molecule has 2 N–H and O–H groups in total. The molecule has 1 aromatic carbocycles. The molecule has 2 aromatic rings. The van der Waals surface area contributed by atoms with Gasteiger partial charge in [0.25, 0.3) is 5.91 Å². The van der Waals surface area contributed by atoms with Gasteiger partial charge in [-0.1, -0.05) is 6.07 Å². The number of methoxy groups -OCH3 is 2. The first kappa shape index (κ1) is 20.2. The van der Waals surface area contributed by atoms with Crippen LogP contribution in [0.4, 0.5) is 4.79 Å². The zero-order chi connectivity index (χ0) is 20.8. The van der Waals surface area contributed by atoms with Gasteiger partial charge in [-0.15, -0.1) is 0 Å². The highest BCUT2D eigenvalue weighted by Crippen LogP contribution is 2.27. The van der Waals surface area contributed by atoms with Crippen LogP contribution in [0.15, 0.2) is 41.0 Å². The minimum atomic E-state index is -0.718. The average Bonchev–Trinajstić information content (AvgIpc) is 3.34. The van der Waals surface area contributed by atoms with Crippen molar-refractivity contribution in [3.63, 3.8) is 0 Å². The summed E-state index contributed by atoms with van der Waals surface area (Å²) in [7, 11) is 3.10. The summed E-state index contributed by atoms with van der Waals surface area (Å²) < 4.78 is 15.6. The first-order valence-electron chi connectivity index (χ1n) is 9.13. The van der Waals surface area contributed by atoms with E-state index in [0.29, 0.717) is 23.8 Å². The Morgan fingerprint density at radius 2 is 2.00 bits per heavy atom. The molecule has 3 rings (SSSR count). The van der Waals surface area contributed by atoms with Crippen molar-refractivity contribution < 1.29 is 28.3 Å². The molecule has 0 bridgehead atoms. The van der Waals surface area contributed by atoms with E-state index in [4.69, 9.17) is 13.9 Å². The van der Waals surface area contributed by atoms with Crippen molar-refractivity contribution in [1.82, 2.24) is 15.5 Å². The number of nitrogens with zero attached hydrogens (tertiary/aromatic N) is 1. The lowest BCUT2D eigenvalue weighted by Crippen LogP contribution is -2.32. The van der Waals surface area contributed by atoms with Gasteiger partial charge in [-0.25, -0.2) is 4.79 Å². The molecule has 4 amide bonds. The molecule has 0 spiro atoms. The first-order chi connectivity index (χ1) is 14.0. The van der Waals surface area contributed by atoms with E-state index in [1.807, 2.05) is 6.07 Å². The number of amides is 4. The van der Waals surface area contributed by atoms with Crippen LogP contribution in [-0.4, -0.2) is 43.0 Å². The number of imide groups is 1. The van der Waals surface area contributed by atoms with Crippen LogP contribution in [0.25, 0.3) is 0 Å². The summed E-state index contributed by atoms with van der Waals surface area (Å²) in [6, 6.07) is 7.55. The van der Waals surface area contributed by atoms with Crippen molar-refractivity contribution in [2.45, 2.75) is 32.0 Å². The standard InChI is InChI=1S/C20H23N3O6/c1-27-16-7-5-13(10-17(16)28-2)11-21-18(24)8-6-15-19(25)23(20(26)22-15)12-14-4-3-9-29-14/h3-5,7,9-10,15H,6,8,11-12H2,1-2H3,(H,21,24)(H,22,26)/t15-/m0/s1. The quantitative estimate of drug-likeness (QED) is 0.620. The predicted octanol–water partition coefficient (Wildman–Crippen LogP) is 1.81. The zero-order valence-corrected chi connectivity index (χ0v) is 16.3. The second kappa shape index (κ2) is 9.13. The molecular formula is C20H23N3O6. The number of hydrogen-bond acceptors (Lipinski definition) is 6. The SMILES string of the molecule is COc1ccc(CNC(=O)CC[C@@H]2NC(=O)N(Cc3ccco3)C2=O)cc1OC. The van der Waals surface area contributed by atoms with E-state index < -0.39 is 12.1 Å². The van der Waals surface area contributed by atoms with Gasteiger partial charge in [0.05, 0.1) is 27.0 Å². The number of hydrogen-bond donors (Lipinski definition) is 2. The Morgan fingerprint density at radius 1 is 1.21 bits per heavy atom. The van der Waals surface area contributed by atoms with Gasteiger partial charge < -0.3 is 24.5 Å². The maximum atomic E-state index is 12.4. The molecule has 1 saturated heterocycles. The van der Waals surface area contributed by atoms with Crippen LogP contribution < -0.4 is 20.1 Å². The smallest absolute Gasteiger partial charge is 0.325 e. The Bertz CT molecular complexity index is 880. The lowest BCUT2D eigenvalue weighted by Gasteiger charge is -2.12. The van der Waals surface area contributed by atoms with Crippen molar-refractivity contribution in [3.05, 3.63) is 47.9 Å². The van der Waals surface area contributed by atoms with Gasteiger partial charge in [-0.3, -0.25) is 14.5 Å². The number of nitrogens with one attached hydrogen (secondary N) is 2. The number of ether oxygens (including phenoxy) is 2. The molecule has 0 radical (unpaired) electrons. The van der Waals surface area contributed by atoms with Crippen LogP contribution in [0, 0.1) is 0 Å². The molecule has 1 aliphatic rings. The van der Waals surface area contributed by atoms with E-state index in [9.17, 15) is 14.4 Å². The summed E-state index contributed by atoms with van der Waals surface area (Å²) in [6.07, 6.45) is 1.81. The maximum Gasteiger partial charge on any atom is 0.325 e. The van der Waals surface area contributed by atoms with Crippen LogP contribution in [0.3, 0.4) is 0 Å². The van der Waals surface area contributed by atoms with Gasteiger partial charge in [-0.2, -0.15) is 0 Å². The van der Waals surface area contributed by atoms with Gasteiger partial charge in [-0.05, 0) is 36.2 Å². The number of carbonyl (C=O) groups excluding carboxylic acids is 3. The van der Waals surface area contributed by atoms with Crippen molar-refractivity contribution >= 4 is 17.8 Å². The summed E-state index contributed by atoms with van der Waals surface area (Å²) in [4.78, 5) is 37.7. The highest BCUT2D eigenvalue weighted by atomic mass is 16.5. The lowest BCUT2D eigenvalue weighted by molar-refractivity contribution is -0.128. The van der Waals surface area contributed by atoms with Crippen molar-refractivity contribution in [3.8, 4) is 11.5 Å². The van der Waals surface area contributed by atoms with E-state index in [0.717, 1.165) is 10.5 Å². The number of rotatable bonds is 9. The molecular weight excluding hydrogens is 378 g/mol. The van der Waals surface area contributed by atoms with Crippen molar-refractivity contribution in [2.24, 2.45) is 0 Å². The maximum absolute atomic E-state index is 12.4. The molecule has 29 heavy (non-hydrogen) atoms.